The van der Waals surface area contributed by atoms with Gasteiger partial charge in [-0.05, 0) is 61.0 Å². The van der Waals surface area contributed by atoms with Gasteiger partial charge < -0.3 is 23.7 Å². The van der Waals surface area contributed by atoms with Gasteiger partial charge in [-0.25, -0.2) is 4.79 Å². The normalized spacial score (nSPS) is 15.8. The van der Waals surface area contributed by atoms with Gasteiger partial charge in [0.25, 0.3) is 5.89 Å². The standard InChI is InChI=1S/C26H24N4O5/c1-16-22(25-28-24(29-35-25)18-8-12-20(33-3)13-9-18)23(17-6-10-19(32-2)11-7-17)27-26(31)30(16)15-21-5-4-14-34-21/h4-14,23H,15H2,1-3H3,(H,27,31). The van der Waals surface area contributed by atoms with Crippen molar-refractivity contribution >= 4 is 11.6 Å². The summed E-state index contributed by atoms with van der Waals surface area (Å²) in [5.41, 5.74) is 3.03. The van der Waals surface area contributed by atoms with Crippen LogP contribution in [0.25, 0.3) is 17.0 Å². The number of methoxy groups -OCH3 is 2. The number of hydrogen-bond donors (Lipinski definition) is 1. The zero-order valence-electron chi connectivity index (χ0n) is 19.5. The number of amides is 2. The van der Waals surface area contributed by atoms with E-state index in [4.69, 9.17) is 18.4 Å². The van der Waals surface area contributed by atoms with Crippen molar-refractivity contribution in [2.24, 2.45) is 0 Å². The summed E-state index contributed by atoms with van der Waals surface area (Å²) in [6, 6.07) is 17.8. The maximum absolute atomic E-state index is 13.1. The molecule has 2 aromatic heterocycles. The van der Waals surface area contributed by atoms with Gasteiger partial charge in [0.1, 0.15) is 17.3 Å². The SMILES string of the molecule is COc1ccc(-c2noc(C3=C(C)N(Cc4ccco4)C(=O)NC3c3ccc(OC)cc3)n2)cc1. The minimum absolute atomic E-state index is 0.252. The third kappa shape index (κ3) is 4.35. The zero-order valence-corrected chi connectivity index (χ0v) is 19.5. The Bertz CT molecular complexity index is 1340. The number of aromatic nitrogens is 2. The Labute approximate surface area is 202 Å². The fraction of sp³-hybridized carbons (Fsp3) is 0.192. The average molecular weight is 473 g/mol. The van der Waals surface area contributed by atoms with Crippen molar-refractivity contribution in [1.82, 2.24) is 20.4 Å². The number of ether oxygens (including phenoxy) is 2. The minimum atomic E-state index is -0.495. The smallest absolute Gasteiger partial charge is 0.322 e. The van der Waals surface area contributed by atoms with E-state index in [1.165, 1.54) is 0 Å². The van der Waals surface area contributed by atoms with Crippen LogP contribution in [0.3, 0.4) is 0 Å². The van der Waals surface area contributed by atoms with E-state index < -0.39 is 6.04 Å². The third-order valence-electron chi connectivity index (χ3n) is 5.94. The molecule has 0 saturated carbocycles. The summed E-state index contributed by atoms with van der Waals surface area (Å²) in [6.45, 7) is 2.13. The average Bonchev–Trinajstić information content (AvgIpc) is 3.59. The maximum Gasteiger partial charge on any atom is 0.322 e. The molecule has 1 aliphatic rings. The summed E-state index contributed by atoms with van der Waals surface area (Å²) >= 11 is 0. The van der Waals surface area contributed by atoms with Crippen molar-refractivity contribution in [3.8, 4) is 22.9 Å². The fourth-order valence-corrected chi connectivity index (χ4v) is 4.04. The van der Waals surface area contributed by atoms with Crippen LogP contribution >= 0.6 is 0 Å². The van der Waals surface area contributed by atoms with E-state index in [-0.39, 0.29) is 12.6 Å². The summed E-state index contributed by atoms with van der Waals surface area (Å²) in [4.78, 5) is 19.4. The molecule has 9 heteroatoms. The number of urea groups is 1. The topological polar surface area (TPSA) is 103 Å². The van der Waals surface area contributed by atoms with E-state index in [9.17, 15) is 4.79 Å². The fourth-order valence-electron chi connectivity index (χ4n) is 4.04. The molecule has 2 amide bonds. The van der Waals surface area contributed by atoms with Gasteiger partial charge in [-0.3, -0.25) is 4.90 Å². The molecule has 0 bridgehead atoms. The molecule has 1 N–H and O–H groups in total. The van der Waals surface area contributed by atoms with Gasteiger partial charge in [-0.15, -0.1) is 0 Å². The Morgan fingerprint density at radius 1 is 1.00 bits per heavy atom. The first-order valence-corrected chi connectivity index (χ1v) is 11.0. The molecule has 0 aliphatic carbocycles. The van der Waals surface area contributed by atoms with E-state index >= 15 is 0 Å². The lowest BCUT2D eigenvalue weighted by molar-refractivity contribution is 0.199. The lowest BCUT2D eigenvalue weighted by Crippen LogP contribution is -2.45. The van der Waals surface area contributed by atoms with Crippen LogP contribution in [0, 0.1) is 0 Å². The highest BCUT2D eigenvalue weighted by Gasteiger charge is 2.36. The van der Waals surface area contributed by atoms with Crippen molar-refractivity contribution < 1.29 is 23.2 Å². The quantitative estimate of drug-likeness (QED) is 0.402. The van der Waals surface area contributed by atoms with E-state index in [1.54, 1.807) is 31.4 Å². The maximum atomic E-state index is 13.1. The molecule has 0 fully saturated rings. The molecule has 3 heterocycles. The molecule has 178 valence electrons. The van der Waals surface area contributed by atoms with E-state index in [2.05, 4.69) is 15.5 Å². The van der Waals surface area contributed by atoms with Gasteiger partial charge in [-0.2, -0.15) is 4.98 Å². The number of rotatable bonds is 7. The van der Waals surface area contributed by atoms with Crippen LogP contribution in [0.1, 0.15) is 30.2 Å². The number of nitrogens with zero attached hydrogens (tertiary/aromatic N) is 3. The third-order valence-corrected chi connectivity index (χ3v) is 5.94. The molecular formula is C26H24N4O5. The summed E-state index contributed by atoms with van der Waals surface area (Å²) < 4.78 is 21.7. The zero-order chi connectivity index (χ0) is 24.4. The molecular weight excluding hydrogens is 448 g/mol. The Morgan fingerprint density at radius 2 is 1.69 bits per heavy atom. The number of carbonyl (C=O) groups excluding carboxylic acids is 1. The number of carbonyl (C=O) groups is 1. The lowest BCUT2D eigenvalue weighted by Gasteiger charge is -2.34. The van der Waals surface area contributed by atoms with Crippen molar-refractivity contribution in [1.29, 1.82) is 0 Å². The van der Waals surface area contributed by atoms with Crippen LogP contribution in [0.4, 0.5) is 4.79 Å². The summed E-state index contributed by atoms with van der Waals surface area (Å²) in [5, 5.41) is 7.27. The van der Waals surface area contributed by atoms with E-state index in [0.717, 1.165) is 22.6 Å². The monoisotopic (exact) mass is 472 g/mol. The van der Waals surface area contributed by atoms with Crippen LogP contribution in [-0.4, -0.2) is 35.3 Å². The van der Waals surface area contributed by atoms with E-state index in [0.29, 0.717) is 28.7 Å². The predicted octanol–water partition coefficient (Wildman–Crippen LogP) is 5.04. The number of benzene rings is 2. The molecule has 4 aromatic rings. The highest BCUT2D eigenvalue weighted by Crippen LogP contribution is 2.38. The van der Waals surface area contributed by atoms with Crippen LogP contribution in [0.15, 0.2) is 81.6 Å². The van der Waals surface area contributed by atoms with Crippen molar-refractivity contribution in [2.75, 3.05) is 14.2 Å². The molecule has 0 spiro atoms. The van der Waals surface area contributed by atoms with Gasteiger partial charge in [0, 0.05) is 11.3 Å². The largest absolute Gasteiger partial charge is 0.497 e. The molecule has 35 heavy (non-hydrogen) atoms. The van der Waals surface area contributed by atoms with Gasteiger partial charge in [0.05, 0.1) is 38.6 Å². The summed E-state index contributed by atoms with van der Waals surface area (Å²) in [7, 11) is 3.22. The molecule has 1 aliphatic heterocycles. The molecule has 2 aromatic carbocycles. The first kappa shape index (κ1) is 22.3. The number of furan rings is 1. The van der Waals surface area contributed by atoms with Crippen LogP contribution in [-0.2, 0) is 6.54 Å². The number of allylic oxidation sites excluding steroid dienone is 1. The minimum Gasteiger partial charge on any atom is -0.497 e. The van der Waals surface area contributed by atoms with Crippen LogP contribution in [0.2, 0.25) is 0 Å². The summed E-state index contributed by atoms with van der Waals surface area (Å²) in [5.74, 6) is 2.87. The number of hydrogen-bond acceptors (Lipinski definition) is 7. The molecule has 9 nitrogen and oxygen atoms in total. The van der Waals surface area contributed by atoms with E-state index in [1.807, 2.05) is 61.5 Å². The highest BCUT2D eigenvalue weighted by molar-refractivity contribution is 5.86. The Balaban J connectivity index is 1.57. The molecule has 5 rings (SSSR count). The summed E-state index contributed by atoms with van der Waals surface area (Å²) in [6.07, 6.45) is 1.58. The Morgan fingerprint density at radius 3 is 2.31 bits per heavy atom. The van der Waals surface area contributed by atoms with Crippen molar-refractivity contribution in [3.05, 3.63) is 89.8 Å². The highest BCUT2D eigenvalue weighted by atomic mass is 16.5. The lowest BCUT2D eigenvalue weighted by atomic mass is 9.94. The molecule has 0 radical (unpaired) electrons. The van der Waals surface area contributed by atoms with Gasteiger partial charge in [0.15, 0.2) is 0 Å². The van der Waals surface area contributed by atoms with Gasteiger partial charge in [0.2, 0.25) is 5.82 Å². The van der Waals surface area contributed by atoms with Crippen LogP contribution < -0.4 is 14.8 Å². The Hall–Kier alpha value is -4.53. The second kappa shape index (κ2) is 9.38. The number of nitrogens with one attached hydrogen (secondary N) is 1. The molecule has 0 saturated heterocycles. The van der Waals surface area contributed by atoms with Crippen molar-refractivity contribution in [3.63, 3.8) is 0 Å². The second-order valence-electron chi connectivity index (χ2n) is 7.97. The van der Waals surface area contributed by atoms with Crippen LogP contribution in [0.5, 0.6) is 11.5 Å². The van der Waals surface area contributed by atoms with Gasteiger partial charge >= 0.3 is 6.03 Å². The second-order valence-corrected chi connectivity index (χ2v) is 7.97. The van der Waals surface area contributed by atoms with Crippen molar-refractivity contribution in [2.45, 2.75) is 19.5 Å². The van der Waals surface area contributed by atoms with Gasteiger partial charge in [-0.1, -0.05) is 17.3 Å². The predicted molar refractivity (Wildman–Crippen MR) is 127 cm³/mol. The first-order chi connectivity index (χ1) is 17.1. The molecule has 1 atom stereocenters. The Kier molecular flexibility index (Phi) is 5.97. The first-order valence-electron chi connectivity index (χ1n) is 11.0. The molecule has 1 unspecified atom stereocenters.